The Bertz CT molecular complexity index is 324. The van der Waals surface area contributed by atoms with Gasteiger partial charge in [0.1, 0.15) is 0 Å². The number of likely N-dealkylation sites (tertiary alicyclic amines) is 1. The summed E-state index contributed by atoms with van der Waals surface area (Å²) < 4.78 is 5.15. The molecule has 0 spiro atoms. The molecule has 1 atom stereocenters. The van der Waals surface area contributed by atoms with Crippen molar-refractivity contribution in [2.45, 2.75) is 26.3 Å². The molecule has 4 heteroatoms. The molecule has 2 heterocycles. The summed E-state index contributed by atoms with van der Waals surface area (Å²) in [6, 6.07) is 1.99. The van der Waals surface area contributed by atoms with Gasteiger partial charge in [0, 0.05) is 12.6 Å². The van der Waals surface area contributed by atoms with Crippen molar-refractivity contribution in [2.24, 2.45) is 5.92 Å². The Kier molecular flexibility index (Phi) is 3.96. The molecule has 90 valence electrons. The number of rotatable bonds is 4. The van der Waals surface area contributed by atoms with Crippen LogP contribution < -0.4 is 5.32 Å². The average Bonchev–Trinajstić information content (AvgIpc) is 2.64. The highest BCUT2D eigenvalue weighted by Crippen LogP contribution is 2.14. The van der Waals surface area contributed by atoms with Crippen molar-refractivity contribution in [2.75, 3.05) is 26.7 Å². The summed E-state index contributed by atoms with van der Waals surface area (Å²) in [5, 5.41) is 7.32. The first-order valence-electron chi connectivity index (χ1n) is 6.05. The normalized spacial score (nSPS) is 22.5. The minimum Gasteiger partial charge on any atom is -0.360 e. The zero-order valence-corrected chi connectivity index (χ0v) is 10.2. The van der Waals surface area contributed by atoms with E-state index in [-0.39, 0.29) is 0 Å². The van der Waals surface area contributed by atoms with Gasteiger partial charge in [-0.1, -0.05) is 5.16 Å². The monoisotopic (exact) mass is 223 g/mol. The molecule has 1 N–H and O–H groups in total. The number of nitrogens with zero attached hydrogens (tertiary/aromatic N) is 2. The fraction of sp³-hybridized carbons (Fsp3) is 0.750. The maximum Gasteiger partial charge on any atom is 0.150 e. The van der Waals surface area contributed by atoms with Crippen LogP contribution in [0.15, 0.2) is 10.6 Å². The Balaban J connectivity index is 1.67. The first kappa shape index (κ1) is 11.6. The summed E-state index contributed by atoms with van der Waals surface area (Å²) >= 11 is 0. The van der Waals surface area contributed by atoms with Crippen LogP contribution in [0.2, 0.25) is 0 Å². The van der Waals surface area contributed by atoms with E-state index < -0.39 is 0 Å². The van der Waals surface area contributed by atoms with Crippen LogP contribution in [-0.4, -0.2) is 36.7 Å². The molecular weight excluding hydrogens is 202 g/mol. The summed E-state index contributed by atoms with van der Waals surface area (Å²) in [5.41, 5.74) is 0.953. The molecule has 0 saturated carbocycles. The van der Waals surface area contributed by atoms with E-state index in [1.54, 1.807) is 0 Å². The third-order valence-electron chi connectivity index (χ3n) is 3.13. The molecule has 1 aromatic heterocycles. The van der Waals surface area contributed by atoms with Crippen LogP contribution in [0.5, 0.6) is 0 Å². The second-order valence-electron chi connectivity index (χ2n) is 4.84. The molecular formula is C12H21N3O. The maximum absolute atomic E-state index is 5.15. The highest BCUT2D eigenvalue weighted by Gasteiger charge is 2.16. The zero-order chi connectivity index (χ0) is 11.4. The smallest absolute Gasteiger partial charge is 0.150 e. The third kappa shape index (κ3) is 3.32. The van der Waals surface area contributed by atoms with Crippen molar-refractivity contribution in [3.05, 3.63) is 17.5 Å². The Labute approximate surface area is 97.0 Å². The van der Waals surface area contributed by atoms with Crippen LogP contribution in [0.1, 0.15) is 24.3 Å². The van der Waals surface area contributed by atoms with Crippen LogP contribution in [0.4, 0.5) is 0 Å². The van der Waals surface area contributed by atoms with Crippen molar-refractivity contribution >= 4 is 0 Å². The number of hydrogen-bond acceptors (Lipinski definition) is 4. The molecule has 1 aliphatic rings. The van der Waals surface area contributed by atoms with Crippen molar-refractivity contribution in [3.8, 4) is 0 Å². The van der Waals surface area contributed by atoms with Gasteiger partial charge in [0.2, 0.25) is 0 Å². The van der Waals surface area contributed by atoms with Gasteiger partial charge in [-0.3, -0.25) is 0 Å². The highest BCUT2D eigenvalue weighted by molar-refractivity contribution is 5.02. The van der Waals surface area contributed by atoms with Gasteiger partial charge in [-0.25, -0.2) is 0 Å². The van der Waals surface area contributed by atoms with Crippen LogP contribution in [0.25, 0.3) is 0 Å². The molecule has 0 bridgehead atoms. The van der Waals surface area contributed by atoms with Crippen molar-refractivity contribution < 1.29 is 4.52 Å². The van der Waals surface area contributed by atoms with Gasteiger partial charge in [0.05, 0.1) is 12.2 Å². The fourth-order valence-corrected chi connectivity index (χ4v) is 2.34. The highest BCUT2D eigenvalue weighted by atomic mass is 16.5. The van der Waals surface area contributed by atoms with Gasteiger partial charge in [-0.05, 0) is 45.8 Å². The molecule has 0 amide bonds. The largest absolute Gasteiger partial charge is 0.360 e. The number of hydrogen-bond donors (Lipinski definition) is 1. The predicted octanol–water partition coefficient (Wildman–Crippen LogP) is 1.41. The number of aryl methyl sites for hydroxylation is 1. The molecule has 0 radical (unpaired) electrons. The van der Waals surface area contributed by atoms with Crippen LogP contribution >= 0.6 is 0 Å². The summed E-state index contributed by atoms with van der Waals surface area (Å²) in [6.07, 6.45) is 2.66. The number of aromatic nitrogens is 1. The van der Waals surface area contributed by atoms with Gasteiger partial charge in [0.15, 0.2) is 5.76 Å². The first-order valence-corrected chi connectivity index (χ1v) is 6.05. The average molecular weight is 223 g/mol. The minimum absolute atomic E-state index is 0.780. The quantitative estimate of drug-likeness (QED) is 0.838. The van der Waals surface area contributed by atoms with Crippen LogP contribution in [0, 0.1) is 12.8 Å². The van der Waals surface area contributed by atoms with E-state index in [1.807, 2.05) is 13.0 Å². The lowest BCUT2D eigenvalue weighted by Crippen LogP contribution is -2.37. The lowest BCUT2D eigenvalue weighted by Gasteiger charge is -2.29. The number of piperidine rings is 1. The minimum atomic E-state index is 0.780. The van der Waals surface area contributed by atoms with E-state index in [2.05, 4.69) is 22.4 Å². The zero-order valence-electron chi connectivity index (χ0n) is 10.2. The Morgan fingerprint density at radius 1 is 1.62 bits per heavy atom. The second-order valence-corrected chi connectivity index (χ2v) is 4.84. The first-order chi connectivity index (χ1) is 7.74. The van der Waals surface area contributed by atoms with Gasteiger partial charge in [-0.15, -0.1) is 0 Å². The van der Waals surface area contributed by atoms with E-state index in [0.29, 0.717) is 0 Å². The molecule has 1 aliphatic heterocycles. The molecule has 0 aliphatic carbocycles. The summed E-state index contributed by atoms with van der Waals surface area (Å²) in [6.45, 7) is 6.27. The lowest BCUT2D eigenvalue weighted by atomic mass is 9.98. The molecule has 1 unspecified atom stereocenters. The van der Waals surface area contributed by atoms with E-state index in [0.717, 1.165) is 30.5 Å². The third-order valence-corrected chi connectivity index (χ3v) is 3.13. The standard InChI is InChI=1S/C12H21N3O/c1-10-6-12(16-14-10)8-13-7-11-4-3-5-15(2)9-11/h6,11,13H,3-5,7-9H2,1-2H3. The van der Waals surface area contributed by atoms with Crippen molar-refractivity contribution in [1.82, 2.24) is 15.4 Å². The Hall–Kier alpha value is -0.870. The molecule has 1 aromatic rings. The lowest BCUT2D eigenvalue weighted by molar-refractivity contribution is 0.205. The van der Waals surface area contributed by atoms with E-state index in [9.17, 15) is 0 Å². The maximum atomic E-state index is 5.15. The summed E-state index contributed by atoms with van der Waals surface area (Å²) in [7, 11) is 2.20. The van der Waals surface area contributed by atoms with E-state index in [4.69, 9.17) is 4.52 Å². The topological polar surface area (TPSA) is 41.3 Å². The molecule has 0 aromatic carbocycles. The Morgan fingerprint density at radius 3 is 3.19 bits per heavy atom. The molecule has 16 heavy (non-hydrogen) atoms. The fourth-order valence-electron chi connectivity index (χ4n) is 2.34. The van der Waals surface area contributed by atoms with Crippen molar-refractivity contribution in [3.63, 3.8) is 0 Å². The van der Waals surface area contributed by atoms with Crippen LogP contribution in [-0.2, 0) is 6.54 Å². The predicted molar refractivity (Wildman–Crippen MR) is 63.2 cm³/mol. The molecule has 2 rings (SSSR count). The Morgan fingerprint density at radius 2 is 2.50 bits per heavy atom. The van der Waals surface area contributed by atoms with Gasteiger partial charge >= 0.3 is 0 Å². The van der Waals surface area contributed by atoms with Gasteiger partial charge in [-0.2, -0.15) is 0 Å². The number of nitrogens with one attached hydrogen (secondary N) is 1. The van der Waals surface area contributed by atoms with E-state index >= 15 is 0 Å². The van der Waals surface area contributed by atoms with Crippen LogP contribution in [0.3, 0.4) is 0 Å². The molecule has 4 nitrogen and oxygen atoms in total. The summed E-state index contributed by atoms with van der Waals surface area (Å²) in [4.78, 5) is 2.41. The van der Waals surface area contributed by atoms with Gasteiger partial charge < -0.3 is 14.7 Å². The van der Waals surface area contributed by atoms with Gasteiger partial charge in [0.25, 0.3) is 0 Å². The second kappa shape index (κ2) is 5.46. The van der Waals surface area contributed by atoms with Crippen molar-refractivity contribution in [1.29, 1.82) is 0 Å². The SMILES string of the molecule is Cc1cc(CNCC2CCCN(C)C2)on1. The van der Waals surface area contributed by atoms with E-state index in [1.165, 1.54) is 25.9 Å². The molecule has 1 fully saturated rings. The summed E-state index contributed by atoms with van der Waals surface area (Å²) in [5.74, 6) is 1.71. The molecule has 1 saturated heterocycles.